The lowest BCUT2D eigenvalue weighted by Gasteiger charge is -2.03. The summed E-state index contributed by atoms with van der Waals surface area (Å²) in [5.41, 5.74) is 1.09. The van der Waals surface area contributed by atoms with Crippen LogP contribution >= 0.6 is 15.9 Å². The largest absolute Gasteiger partial charge is 0.465 e. The first-order chi connectivity index (χ1) is 7.67. The van der Waals surface area contributed by atoms with Crippen LogP contribution in [-0.2, 0) is 4.74 Å². The van der Waals surface area contributed by atoms with Gasteiger partial charge in [0.15, 0.2) is 11.9 Å². The number of fused-ring (bicyclic) bond motifs is 1. The monoisotopic (exact) mass is 282 g/mol. The molecule has 0 saturated heterocycles. The molecule has 6 heteroatoms. The van der Waals surface area contributed by atoms with Gasteiger partial charge in [-0.15, -0.1) is 0 Å². The van der Waals surface area contributed by atoms with E-state index < -0.39 is 5.97 Å². The number of hydrogen-bond acceptors (Lipinski definition) is 4. The van der Waals surface area contributed by atoms with E-state index in [2.05, 4.69) is 25.7 Å². The Hall–Kier alpha value is -1.69. The Morgan fingerprint density at radius 2 is 2.38 bits per heavy atom. The van der Waals surface area contributed by atoms with E-state index in [-0.39, 0.29) is 0 Å². The highest BCUT2D eigenvalue weighted by Gasteiger charge is 2.15. The summed E-state index contributed by atoms with van der Waals surface area (Å²) in [6.07, 6.45) is 3.74. The Morgan fingerprint density at radius 3 is 3.00 bits per heavy atom. The Kier molecular flexibility index (Phi) is 2.74. The average Bonchev–Trinajstić information content (AvgIpc) is 2.69. The van der Waals surface area contributed by atoms with Gasteiger partial charge < -0.3 is 4.74 Å². The molecule has 0 spiro atoms. The Labute approximate surface area is 99.2 Å². The van der Waals surface area contributed by atoms with Gasteiger partial charge in [0.05, 0.1) is 13.3 Å². The van der Waals surface area contributed by atoms with Gasteiger partial charge in [0, 0.05) is 10.7 Å². The fraction of sp³-hybridized carbons (Fsp3) is 0.100. The highest BCUT2D eigenvalue weighted by Crippen LogP contribution is 2.19. The van der Waals surface area contributed by atoms with Crippen LogP contribution in [0.5, 0.6) is 0 Å². The minimum Gasteiger partial charge on any atom is -0.465 e. The molecule has 82 valence electrons. The van der Waals surface area contributed by atoms with Crippen molar-refractivity contribution in [3.05, 3.63) is 34.2 Å². The lowest BCUT2D eigenvalue weighted by atomic mass is 10.3. The van der Waals surface area contributed by atoms with Gasteiger partial charge in [-0.25, -0.2) is 9.78 Å². The quantitative estimate of drug-likeness (QED) is 0.621. The summed E-state index contributed by atoms with van der Waals surface area (Å²) in [5.74, 6) is -0.491. The molecule has 16 heavy (non-hydrogen) atoms. The van der Waals surface area contributed by atoms with E-state index in [0.29, 0.717) is 27.7 Å². The third kappa shape index (κ3) is 1.61. The minimum atomic E-state index is -0.491. The minimum absolute atomic E-state index is 0.310. The number of carbonyl (C=O) groups is 2. The molecule has 5 nitrogen and oxygen atoms in total. The number of rotatable bonds is 2. The number of ether oxygens (including phenoxy) is 1. The van der Waals surface area contributed by atoms with Crippen molar-refractivity contribution in [3.8, 4) is 0 Å². The van der Waals surface area contributed by atoms with Crippen molar-refractivity contribution >= 4 is 33.8 Å². The van der Waals surface area contributed by atoms with Crippen LogP contribution in [0.4, 0.5) is 0 Å². The van der Waals surface area contributed by atoms with Gasteiger partial charge in [-0.05, 0) is 22.0 Å². The molecule has 0 aliphatic rings. The average molecular weight is 283 g/mol. The smallest absolute Gasteiger partial charge is 0.341 e. The maximum Gasteiger partial charge on any atom is 0.341 e. The third-order valence-electron chi connectivity index (χ3n) is 2.13. The topological polar surface area (TPSA) is 60.7 Å². The molecule has 0 fully saturated rings. The number of aromatic nitrogens is 2. The summed E-state index contributed by atoms with van der Waals surface area (Å²) in [7, 11) is 1.29. The first-order valence-corrected chi connectivity index (χ1v) is 5.16. The van der Waals surface area contributed by atoms with Crippen LogP contribution < -0.4 is 0 Å². The van der Waals surface area contributed by atoms with Crippen molar-refractivity contribution in [1.82, 2.24) is 9.38 Å². The fourth-order valence-electron chi connectivity index (χ4n) is 1.42. The number of aldehydes is 1. The second kappa shape index (κ2) is 4.05. The second-order valence-corrected chi connectivity index (χ2v) is 3.97. The van der Waals surface area contributed by atoms with E-state index >= 15 is 0 Å². The number of pyridine rings is 1. The summed E-state index contributed by atoms with van der Waals surface area (Å²) in [6.45, 7) is 0. The van der Waals surface area contributed by atoms with Crippen molar-refractivity contribution in [3.63, 3.8) is 0 Å². The number of hydrogen-bond donors (Lipinski definition) is 0. The molecule has 0 aliphatic carbocycles. The molecule has 0 aliphatic heterocycles. The molecule has 2 aromatic heterocycles. The zero-order chi connectivity index (χ0) is 11.7. The predicted octanol–water partition coefficient (Wildman–Crippen LogP) is 1.70. The Balaban J connectivity index is 2.79. The van der Waals surface area contributed by atoms with Crippen LogP contribution in [0.15, 0.2) is 22.9 Å². The number of nitrogens with zero attached hydrogens (tertiary/aromatic N) is 2. The van der Waals surface area contributed by atoms with Gasteiger partial charge in [-0.3, -0.25) is 9.20 Å². The summed E-state index contributed by atoms with van der Waals surface area (Å²) in [4.78, 5) is 26.3. The van der Waals surface area contributed by atoms with Gasteiger partial charge in [0.1, 0.15) is 11.3 Å². The van der Waals surface area contributed by atoms with Gasteiger partial charge >= 0.3 is 5.97 Å². The van der Waals surface area contributed by atoms with Crippen molar-refractivity contribution in [2.75, 3.05) is 7.11 Å². The molecular weight excluding hydrogens is 276 g/mol. The normalized spacial score (nSPS) is 10.4. The molecule has 2 rings (SSSR count). The van der Waals surface area contributed by atoms with E-state index in [1.165, 1.54) is 17.7 Å². The molecule has 0 amide bonds. The van der Waals surface area contributed by atoms with Crippen LogP contribution in [0, 0.1) is 0 Å². The molecule has 2 heterocycles. The van der Waals surface area contributed by atoms with Crippen molar-refractivity contribution in [2.45, 2.75) is 0 Å². The van der Waals surface area contributed by atoms with Gasteiger partial charge in [-0.1, -0.05) is 0 Å². The molecule has 0 N–H and O–H groups in total. The van der Waals surface area contributed by atoms with Crippen LogP contribution in [0.3, 0.4) is 0 Å². The molecule has 2 aromatic rings. The van der Waals surface area contributed by atoms with Crippen molar-refractivity contribution < 1.29 is 14.3 Å². The maximum atomic E-state index is 11.5. The van der Waals surface area contributed by atoms with Gasteiger partial charge in [0.2, 0.25) is 0 Å². The second-order valence-electron chi connectivity index (χ2n) is 3.06. The van der Waals surface area contributed by atoms with E-state index in [0.717, 1.165) is 0 Å². The van der Waals surface area contributed by atoms with Crippen LogP contribution in [0.1, 0.15) is 20.8 Å². The van der Waals surface area contributed by atoms with Gasteiger partial charge in [-0.2, -0.15) is 0 Å². The number of halogens is 1. The van der Waals surface area contributed by atoms with Crippen molar-refractivity contribution in [2.24, 2.45) is 0 Å². The number of esters is 1. The van der Waals surface area contributed by atoms with E-state index in [1.807, 2.05) is 0 Å². The fourth-order valence-corrected chi connectivity index (χ4v) is 1.85. The SMILES string of the molecule is COC(=O)c1cc(Br)cn2c(C=O)cnc12. The lowest BCUT2D eigenvalue weighted by molar-refractivity contribution is 0.0602. The Bertz CT molecular complexity index is 577. The molecule has 0 bridgehead atoms. The zero-order valence-electron chi connectivity index (χ0n) is 8.31. The molecule has 0 atom stereocenters. The maximum absolute atomic E-state index is 11.5. The number of imidazole rings is 1. The zero-order valence-corrected chi connectivity index (χ0v) is 9.89. The molecule has 0 saturated carbocycles. The van der Waals surface area contributed by atoms with E-state index in [1.54, 1.807) is 12.3 Å². The number of carbonyl (C=O) groups excluding carboxylic acids is 2. The first-order valence-electron chi connectivity index (χ1n) is 4.37. The molecule has 0 aromatic carbocycles. The number of methoxy groups -OCH3 is 1. The third-order valence-corrected chi connectivity index (χ3v) is 2.56. The first kappa shape index (κ1) is 10.8. The van der Waals surface area contributed by atoms with Crippen molar-refractivity contribution in [1.29, 1.82) is 0 Å². The predicted molar refractivity (Wildman–Crippen MR) is 59.6 cm³/mol. The summed E-state index contributed by atoms with van der Waals surface area (Å²) >= 11 is 3.26. The standard InChI is InChI=1S/C10H7BrN2O3/c1-16-10(15)8-2-6(11)4-13-7(5-14)3-12-9(8)13/h2-5H,1H3. The summed E-state index contributed by atoms with van der Waals surface area (Å²) < 4.78 is 6.84. The van der Waals surface area contributed by atoms with E-state index in [9.17, 15) is 9.59 Å². The molecule has 0 unspecified atom stereocenters. The van der Waals surface area contributed by atoms with Crippen LogP contribution in [-0.4, -0.2) is 28.7 Å². The summed E-state index contributed by atoms with van der Waals surface area (Å²) in [5, 5.41) is 0. The summed E-state index contributed by atoms with van der Waals surface area (Å²) in [6, 6.07) is 1.60. The van der Waals surface area contributed by atoms with E-state index in [4.69, 9.17) is 0 Å². The molecule has 0 radical (unpaired) electrons. The van der Waals surface area contributed by atoms with Crippen LogP contribution in [0.2, 0.25) is 0 Å². The van der Waals surface area contributed by atoms with Gasteiger partial charge in [0.25, 0.3) is 0 Å². The highest BCUT2D eigenvalue weighted by molar-refractivity contribution is 9.10. The molecular formula is C10H7BrN2O3. The lowest BCUT2D eigenvalue weighted by Crippen LogP contribution is -2.05. The van der Waals surface area contributed by atoms with Crippen LogP contribution in [0.25, 0.3) is 5.65 Å². The highest BCUT2D eigenvalue weighted by atomic mass is 79.9. The Morgan fingerprint density at radius 1 is 1.62 bits per heavy atom.